The number of rotatable bonds is 14. The fraction of sp³-hybridized carbons (Fsp3) is 0.500. The van der Waals surface area contributed by atoms with Crippen LogP contribution in [0.5, 0.6) is 5.75 Å². The minimum atomic E-state index is -1.05. The Kier molecular flexibility index (Phi) is 12.8. The van der Waals surface area contributed by atoms with Crippen LogP contribution in [0.2, 0.25) is 0 Å². The van der Waals surface area contributed by atoms with Gasteiger partial charge in [0.05, 0.1) is 0 Å². The van der Waals surface area contributed by atoms with Crippen LogP contribution in [0.4, 0.5) is 4.79 Å². The zero-order chi connectivity index (χ0) is 31.4. The van der Waals surface area contributed by atoms with Gasteiger partial charge < -0.3 is 31.2 Å². The van der Waals surface area contributed by atoms with Crippen molar-refractivity contribution >= 4 is 23.8 Å². The molecule has 0 aliphatic rings. The highest BCUT2D eigenvalue weighted by atomic mass is 16.6. The molecule has 42 heavy (non-hydrogen) atoms. The summed E-state index contributed by atoms with van der Waals surface area (Å²) in [5, 5.41) is 8.07. The smallest absolute Gasteiger partial charge is 0.408 e. The number of carbonyl (C=O) groups excluding carboxylic acids is 4. The molecule has 0 saturated heterocycles. The van der Waals surface area contributed by atoms with Crippen molar-refractivity contribution in [3.8, 4) is 5.75 Å². The quantitative estimate of drug-likeness (QED) is 0.266. The van der Waals surface area contributed by atoms with Gasteiger partial charge in [0.2, 0.25) is 17.7 Å². The average Bonchev–Trinajstić information content (AvgIpc) is 2.89. The van der Waals surface area contributed by atoms with Gasteiger partial charge in [-0.15, -0.1) is 0 Å². The minimum absolute atomic E-state index is 0.118. The highest BCUT2D eigenvalue weighted by molar-refractivity contribution is 5.93. The largest absolute Gasteiger partial charge is 0.489 e. The van der Waals surface area contributed by atoms with E-state index in [4.69, 9.17) is 15.2 Å². The van der Waals surface area contributed by atoms with E-state index in [1.807, 2.05) is 56.3 Å². The summed E-state index contributed by atoms with van der Waals surface area (Å²) in [5.41, 5.74) is 6.52. The van der Waals surface area contributed by atoms with E-state index in [1.165, 1.54) is 0 Å². The molecule has 0 aromatic heterocycles. The number of primary amides is 1. The van der Waals surface area contributed by atoms with Crippen LogP contribution >= 0.6 is 0 Å². The summed E-state index contributed by atoms with van der Waals surface area (Å²) >= 11 is 0. The molecule has 0 aliphatic heterocycles. The van der Waals surface area contributed by atoms with Crippen molar-refractivity contribution in [2.75, 3.05) is 0 Å². The Morgan fingerprint density at radius 2 is 1.40 bits per heavy atom. The van der Waals surface area contributed by atoms with E-state index >= 15 is 0 Å². The van der Waals surface area contributed by atoms with Crippen molar-refractivity contribution in [2.24, 2.45) is 17.6 Å². The molecular weight excluding hydrogens is 536 g/mol. The average molecular weight is 583 g/mol. The fourth-order valence-corrected chi connectivity index (χ4v) is 4.13. The molecule has 2 rings (SSSR count). The van der Waals surface area contributed by atoms with Gasteiger partial charge in [0.1, 0.15) is 36.1 Å². The van der Waals surface area contributed by atoms with E-state index in [0.717, 1.165) is 11.1 Å². The Balaban J connectivity index is 2.18. The van der Waals surface area contributed by atoms with Crippen molar-refractivity contribution < 1.29 is 28.7 Å². The van der Waals surface area contributed by atoms with Crippen LogP contribution in [-0.4, -0.2) is 47.5 Å². The standard InChI is InChI=1S/C32H46N4O6/c1-20(2)17-25(28(33)37)34-30(39)27(21(3)4)36-29(38)26(35-31(40)42-32(5,6)7)18-22-13-15-24(16-14-22)41-19-23-11-9-8-10-12-23/h8-16,20-21,25-27H,17-19H2,1-7H3,(H2,33,37)(H,34,39)(H,35,40)(H,36,38)/t25-,26+,27-/m0/s1. The van der Waals surface area contributed by atoms with E-state index in [-0.39, 0.29) is 18.3 Å². The fourth-order valence-electron chi connectivity index (χ4n) is 4.13. The summed E-state index contributed by atoms with van der Waals surface area (Å²) in [6.45, 7) is 13.0. The lowest BCUT2D eigenvalue weighted by molar-refractivity contribution is -0.133. The molecule has 230 valence electrons. The SMILES string of the molecule is CC(C)C[C@H](NC(=O)[C@@H](NC(=O)[C@@H](Cc1ccc(OCc2ccccc2)cc1)NC(=O)OC(C)(C)C)C(C)C)C(N)=O. The van der Waals surface area contributed by atoms with Gasteiger partial charge in [0, 0.05) is 6.42 Å². The predicted octanol–water partition coefficient (Wildman–Crippen LogP) is 3.86. The second kappa shape index (κ2) is 15.8. The molecule has 10 heteroatoms. The molecule has 4 amide bonds. The third kappa shape index (κ3) is 12.2. The van der Waals surface area contributed by atoms with Crippen LogP contribution in [0.3, 0.4) is 0 Å². The molecule has 0 spiro atoms. The number of nitrogens with one attached hydrogen (secondary N) is 3. The number of ether oxygens (including phenoxy) is 2. The minimum Gasteiger partial charge on any atom is -0.489 e. The second-order valence-electron chi connectivity index (χ2n) is 12.1. The Morgan fingerprint density at radius 1 is 0.786 bits per heavy atom. The molecule has 2 aromatic carbocycles. The van der Waals surface area contributed by atoms with Crippen molar-refractivity contribution in [3.63, 3.8) is 0 Å². The van der Waals surface area contributed by atoms with E-state index in [9.17, 15) is 19.2 Å². The maximum absolute atomic E-state index is 13.5. The molecule has 0 heterocycles. The lowest BCUT2D eigenvalue weighted by Gasteiger charge is -2.28. The lowest BCUT2D eigenvalue weighted by atomic mass is 9.99. The zero-order valence-corrected chi connectivity index (χ0v) is 25.7. The number of carbonyl (C=O) groups is 4. The van der Waals surface area contributed by atoms with Gasteiger partial charge in [-0.25, -0.2) is 4.79 Å². The third-order valence-corrected chi connectivity index (χ3v) is 6.23. The first-order valence-corrected chi connectivity index (χ1v) is 14.3. The maximum atomic E-state index is 13.5. The molecule has 3 atom stereocenters. The monoisotopic (exact) mass is 582 g/mol. The van der Waals surface area contributed by atoms with Crippen LogP contribution in [0, 0.1) is 11.8 Å². The number of nitrogens with two attached hydrogens (primary N) is 1. The first kappa shape index (κ1) is 34.1. The van der Waals surface area contributed by atoms with Gasteiger partial charge in [0.25, 0.3) is 0 Å². The molecule has 0 radical (unpaired) electrons. The highest BCUT2D eigenvalue weighted by Gasteiger charge is 2.32. The lowest BCUT2D eigenvalue weighted by Crippen LogP contribution is -2.58. The van der Waals surface area contributed by atoms with Crippen LogP contribution in [-0.2, 0) is 32.1 Å². The van der Waals surface area contributed by atoms with Crippen LogP contribution in [0.1, 0.15) is 66.0 Å². The molecule has 5 N–H and O–H groups in total. The molecule has 0 aliphatic carbocycles. The Morgan fingerprint density at radius 3 is 1.93 bits per heavy atom. The summed E-state index contributed by atoms with van der Waals surface area (Å²) in [7, 11) is 0. The molecule has 0 unspecified atom stereocenters. The van der Waals surface area contributed by atoms with Gasteiger partial charge in [-0.05, 0) is 62.3 Å². The normalized spacial score (nSPS) is 13.5. The summed E-state index contributed by atoms with van der Waals surface area (Å²) in [4.78, 5) is 51.2. The second-order valence-corrected chi connectivity index (χ2v) is 12.1. The van der Waals surface area contributed by atoms with Crippen LogP contribution in [0.25, 0.3) is 0 Å². The third-order valence-electron chi connectivity index (χ3n) is 6.23. The summed E-state index contributed by atoms with van der Waals surface area (Å²) < 4.78 is 11.2. The number of hydrogen-bond donors (Lipinski definition) is 4. The highest BCUT2D eigenvalue weighted by Crippen LogP contribution is 2.16. The van der Waals surface area contributed by atoms with Gasteiger partial charge in [-0.1, -0.05) is 70.2 Å². The summed E-state index contributed by atoms with van der Waals surface area (Å²) in [6.07, 6.45) is -0.261. The van der Waals surface area contributed by atoms with Gasteiger partial charge in [0.15, 0.2) is 0 Å². The van der Waals surface area contributed by atoms with Crippen molar-refractivity contribution in [3.05, 3.63) is 65.7 Å². The number of hydrogen-bond acceptors (Lipinski definition) is 6. The topological polar surface area (TPSA) is 149 Å². The Labute approximate surface area is 249 Å². The summed E-state index contributed by atoms with van der Waals surface area (Å²) in [5.74, 6) is -1.29. The zero-order valence-electron chi connectivity index (χ0n) is 25.7. The van der Waals surface area contributed by atoms with Crippen molar-refractivity contribution in [2.45, 2.75) is 91.6 Å². The molecule has 10 nitrogen and oxygen atoms in total. The van der Waals surface area contributed by atoms with Gasteiger partial charge in [-0.3, -0.25) is 14.4 Å². The van der Waals surface area contributed by atoms with Gasteiger partial charge >= 0.3 is 6.09 Å². The Bertz CT molecular complexity index is 1180. The van der Waals surface area contributed by atoms with E-state index in [0.29, 0.717) is 18.8 Å². The first-order chi connectivity index (χ1) is 19.6. The molecular formula is C32H46N4O6. The maximum Gasteiger partial charge on any atom is 0.408 e. The summed E-state index contributed by atoms with van der Waals surface area (Å²) in [6, 6.07) is 14.1. The van der Waals surface area contributed by atoms with Crippen molar-refractivity contribution in [1.29, 1.82) is 0 Å². The molecule has 0 saturated carbocycles. The van der Waals surface area contributed by atoms with Crippen LogP contribution < -0.4 is 26.4 Å². The molecule has 0 bridgehead atoms. The van der Waals surface area contributed by atoms with E-state index in [1.54, 1.807) is 46.8 Å². The first-order valence-electron chi connectivity index (χ1n) is 14.3. The number of benzene rings is 2. The van der Waals surface area contributed by atoms with E-state index < -0.39 is 47.5 Å². The number of alkyl carbamates (subject to hydrolysis) is 1. The predicted molar refractivity (Wildman–Crippen MR) is 161 cm³/mol. The van der Waals surface area contributed by atoms with Crippen molar-refractivity contribution in [1.82, 2.24) is 16.0 Å². The molecule has 2 aromatic rings. The molecule has 0 fully saturated rings. The number of amides is 4. The Hall–Kier alpha value is -4.08. The van der Waals surface area contributed by atoms with Crippen LogP contribution in [0.15, 0.2) is 54.6 Å². The van der Waals surface area contributed by atoms with E-state index in [2.05, 4.69) is 16.0 Å². The van der Waals surface area contributed by atoms with Gasteiger partial charge in [-0.2, -0.15) is 0 Å².